The van der Waals surface area contributed by atoms with Gasteiger partial charge in [0.2, 0.25) is 11.5 Å². The van der Waals surface area contributed by atoms with Crippen molar-refractivity contribution < 1.29 is 17.9 Å². The molecule has 1 aromatic carbocycles. The Labute approximate surface area is 198 Å². The second-order valence-corrected chi connectivity index (χ2v) is 11.0. The number of hydrogen-bond donors (Lipinski definition) is 0. The van der Waals surface area contributed by atoms with E-state index in [1.54, 1.807) is 12.1 Å². The van der Waals surface area contributed by atoms with Crippen LogP contribution in [-0.2, 0) is 5.41 Å². The van der Waals surface area contributed by atoms with E-state index in [-0.39, 0.29) is 24.1 Å². The molecule has 0 spiro atoms. The van der Waals surface area contributed by atoms with E-state index in [2.05, 4.69) is 9.97 Å². The summed E-state index contributed by atoms with van der Waals surface area (Å²) < 4.78 is 48.4. The molecule has 9 heteroatoms. The molecular weight excluding hydrogens is 480 g/mol. The van der Waals surface area contributed by atoms with Gasteiger partial charge in [-0.15, -0.1) is 11.3 Å². The van der Waals surface area contributed by atoms with Gasteiger partial charge < -0.3 is 4.74 Å². The zero-order valence-corrected chi connectivity index (χ0v) is 20.3. The highest BCUT2D eigenvalue weighted by atomic mass is 35.5. The molecule has 3 aromatic rings. The maximum atomic E-state index is 14.2. The summed E-state index contributed by atoms with van der Waals surface area (Å²) in [6.07, 6.45) is -1.71. The van der Waals surface area contributed by atoms with E-state index < -0.39 is 11.8 Å². The molecule has 0 unspecified atom stereocenters. The van der Waals surface area contributed by atoms with Gasteiger partial charge in [0, 0.05) is 10.4 Å². The lowest BCUT2D eigenvalue weighted by Crippen LogP contribution is -2.51. The van der Waals surface area contributed by atoms with Gasteiger partial charge in [-0.05, 0) is 48.8 Å². The first-order valence-corrected chi connectivity index (χ1v) is 12.0. The van der Waals surface area contributed by atoms with Gasteiger partial charge in [0.25, 0.3) is 0 Å². The highest BCUT2D eigenvalue weighted by Gasteiger charge is 2.57. The van der Waals surface area contributed by atoms with Crippen LogP contribution in [-0.4, -0.2) is 21.7 Å². The third-order valence-corrected chi connectivity index (χ3v) is 8.08. The molecule has 0 saturated heterocycles. The van der Waals surface area contributed by atoms with Crippen molar-refractivity contribution in [1.82, 2.24) is 9.97 Å². The highest BCUT2D eigenvalue weighted by Crippen LogP contribution is 2.50. The molecule has 0 atom stereocenters. The molecule has 1 aliphatic rings. The van der Waals surface area contributed by atoms with E-state index in [4.69, 9.17) is 27.9 Å². The Hall–Kier alpha value is -1.57. The van der Waals surface area contributed by atoms with E-state index in [0.29, 0.717) is 33.1 Å². The number of halogens is 5. The van der Waals surface area contributed by atoms with Crippen molar-refractivity contribution in [3.05, 3.63) is 39.4 Å². The van der Waals surface area contributed by atoms with Gasteiger partial charge in [-0.3, -0.25) is 0 Å². The minimum Gasteiger partial charge on any atom is -0.461 e. The molecule has 3 nitrogen and oxygen atoms in total. The molecule has 1 fully saturated rings. The van der Waals surface area contributed by atoms with Gasteiger partial charge in [-0.2, -0.15) is 13.2 Å². The Balaban J connectivity index is 1.97. The number of hydrogen-bond acceptors (Lipinski definition) is 4. The van der Waals surface area contributed by atoms with Crippen LogP contribution in [0.4, 0.5) is 13.2 Å². The lowest BCUT2D eigenvalue weighted by Gasteiger charge is -2.38. The lowest BCUT2D eigenvalue weighted by molar-refractivity contribution is -0.258. The Kier molecular flexibility index (Phi) is 6.14. The number of benzene rings is 1. The topological polar surface area (TPSA) is 35.0 Å². The molecule has 2 heterocycles. The number of rotatable bonds is 3. The van der Waals surface area contributed by atoms with Crippen molar-refractivity contribution in [3.8, 4) is 17.0 Å². The van der Waals surface area contributed by atoms with Crippen LogP contribution in [0.2, 0.25) is 10.0 Å². The van der Waals surface area contributed by atoms with Crippen LogP contribution in [0.15, 0.2) is 24.5 Å². The van der Waals surface area contributed by atoms with Crippen molar-refractivity contribution in [3.63, 3.8) is 0 Å². The normalized spacial score (nSPS) is 17.0. The first-order chi connectivity index (χ1) is 14.9. The van der Waals surface area contributed by atoms with Gasteiger partial charge in [-0.25, -0.2) is 9.97 Å². The molecule has 4 rings (SSSR count). The quantitative estimate of drug-likeness (QED) is 0.359. The van der Waals surface area contributed by atoms with E-state index in [0.717, 1.165) is 22.4 Å². The molecule has 1 aliphatic carbocycles. The summed E-state index contributed by atoms with van der Waals surface area (Å²) in [5.74, 6) is -0.0398. The smallest absolute Gasteiger partial charge is 0.428 e. The van der Waals surface area contributed by atoms with Crippen molar-refractivity contribution in [1.29, 1.82) is 0 Å². The summed E-state index contributed by atoms with van der Waals surface area (Å²) in [6.45, 7) is 6.14. The monoisotopic (exact) mass is 502 g/mol. The fourth-order valence-electron chi connectivity index (χ4n) is 4.19. The molecule has 172 valence electrons. The van der Waals surface area contributed by atoms with E-state index >= 15 is 0 Å². The predicted octanol–water partition coefficient (Wildman–Crippen LogP) is 8.61. The minimum absolute atomic E-state index is 0.0398. The summed E-state index contributed by atoms with van der Waals surface area (Å²) in [7, 11) is 0. The maximum Gasteiger partial charge on any atom is 0.428 e. The Bertz CT molecular complexity index is 1150. The standard InChI is InChI=1S/C23H23Cl2F3N2OS/c1-21(2,3)18-16(13-7-8-14(24)15(25)11-13)17-19(29-12-30-20(17)32-18)31-22(23(26,27)28)9-5-4-6-10-22/h7-8,11-12H,4-6,9-10H2,1-3H3. The van der Waals surface area contributed by atoms with Crippen molar-refractivity contribution in [2.75, 3.05) is 0 Å². The van der Waals surface area contributed by atoms with Gasteiger partial charge in [0.05, 0.1) is 15.4 Å². The van der Waals surface area contributed by atoms with Crippen LogP contribution in [0.25, 0.3) is 21.3 Å². The molecule has 0 radical (unpaired) electrons. The van der Waals surface area contributed by atoms with Crippen LogP contribution in [0.1, 0.15) is 57.8 Å². The molecule has 0 bridgehead atoms. The zero-order valence-electron chi connectivity index (χ0n) is 17.9. The van der Waals surface area contributed by atoms with E-state index in [9.17, 15) is 13.2 Å². The summed E-state index contributed by atoms with van der Waals surface area (Å²) >= 11 is 13.8. The average Bonchev–Trinajstić information content (AvgIpc) is 3.11. The van der Waals surface area contributed by atoms with Crippen molar-refractivity contribution in [2.45, 2.75) is 70.1 Å². The summed E-state index contributed by atoms with van der Waals surface area (Å²) in [5, 5.41) is 1.25. The van der Waals surface area contributed by atoms with Crippen LogP contribution in [0.3, 0.4) is 0 Å². The molecule has 2 aromatic heterocycles. The Morgan fingerprint density at radius 2 is 1.69 bits per heavy atom. The fraction of sp³-hybridized carbons (Fsp3) is 0.478. The van der Waals surface area contributed by atoms with Gasteiger partial charge in [0.1, 0.15) is 11.2 Å². The molecule has 1 saturated carbocycles. The second-order valence-electron chi connectivity index (χ2n) is 9.20. The summed E-state index contributed by atoms with van der Waals surface area (Å²) in [6, 6.07) is 5.21. The molecule has 0 amide bonds. The summed E-state index contributed by atoms with van der Waals surface area (Å²) in [5.41, 5.74) is -1.07. The predicted molar refractivity (Wildman–Crippen MR) is 124 cm³/mol. The zero-order chi connectivity index (χ0) is 23.3. The third-order valence-electron chi connectivity index (χ3n) is 5.81. The first kappa shape index (κ1) is 23.6. The summed E-state index contributed by atoms with van der Waals surface area (Å²) in [4.78, 5) is 10.1. The second kappa shape index (κ2) is 8.33. The van der Waals surface area contributed by atoms with Crippen molar-refractivity contribution >= 4 is 44.8 Å². The molecule has 0 aliphatic heterocycles. The third kappa shape index (κ3) is 4.19. The van der Waals surface area contributed by atoms with Crippen LogP contribution in [0, 0.1) is 0 Å². The van der Waals surface area contributed by atoms with Crippen LogP contribution >= 0.6 is 34.5 Å². The lowest BCUT2D eigenvalue weighted by atomic mass is 9.84. The van der Waals surface area contributed by atoms with Gasteiger partial charge >= 0.3 is 6.18 Å². The van der Waals surface area contributed by atoms with Crippen LogP contribution < -0.4 is 4.74 Å². The number of fused-ring (bicyclic) bond motifs is 1. The Morgan fingerprint density at radius 3 is 2.28 bits per heavy atom. The molecular formula is C23H23Cl2F3N2OS. The van der Waals surface area contributed by atoms with E-state index in [1.165, 1.54) is 17.7 Å². The fourth-order valence-corrected chi connectivity index (χ4v) is 5.70. The molecule has 32 heavy (non-hydrogen) atoms. The first-order valence-electron chi connectivity index (χ1n) is 10.4. The van der Waals surface area contributed by atoms with Gasteiger partial charge in [-0.1, -0.05) is 56.5 Å². The highest BCUT2D eigenvalue weighted by molar-refractivity contribution is 7.19. The molecule has 0 N–H and O–H groups in total. The Morgan fingerprint density at radius 1 is 1.00 bits per heavy atom. The van der Waals surface area contributed by atoms with Crippen LogP contribution in [0.5, 0.6) is 5.88 Å². The number of ether oxygens (including phenoxy) is 1. The number of aromatic nitrogens is 2. The largest absolute Gasteiger partial charge is 0.461 e. The number of alkyl halides is 3. The maximum absolute atomic E-state index is 14.2. The van der Waals surface area contributed by atoms with Crippen molar-refractivity contribution in [2.24, 2.45) is 0 Å². The number of thiophene rings is 1. The van der Waals surface area contributed by atoms with Gasteiger partial charge in [0.15, 0.2) is 0 Å². The number of nitrogens with zero attached hydrogens (tertiary/aromatic N) is 2. The SMILES string of the molecule is CC(C)(C)c1sc2ncnc(OC3(C(F)(F)F)CCCCC3)c2c1-c1ccc(Cl)c(Cl)c1. The minimum atomic E-state index is -4.50. The average molecular weight is 503 g/mol. The van der Waals surface area contributed by atoms with E-state index in [1.807, 2.05) is 26.8 Å².